The third-order valence-corrected chi connectivity index (χ3v) is 11.1. The third kappa shape index (κ3) is 3.85. The van der Waals surface area contributed by atoms with Crippen LogP contribution < -0.4 is 0 Å². The second-order valence-electron chi connectivity index (χ2n) is 13.0. The zero-order valence-corrected chi connectivity index (χ0v) is 26.0. The van der Waals surface area contributed by atoms with E-state index >= 15 is 0 Å². The van der Waals surface area contributed by atoms with E-state index in [0.29, 0.717) is 0 Å². The number of benzene rings is 6. The molecule has 0 aliphatic heterocycles. The quantitative estimate of drug-likeness (QED) is 0.191. The van der Waals surface area contributed by atoms with Crippen LogP contribution in [0, 0.1) is 0 Å². The predicted octanol–water partition coefficient (Wildman–Crippen LogP) is 12.3. The summed E-state index contributed by atoms with van der Waals surface area (Å²) in [6, 6.07) is 43.7. The van der Waals surface area contributed by atoms with Crippen molar-refractivity contribution >= 4 is 22.4 Å². The number of allylic oxidation sites excluding steroid dienone is 3. The topological polar surface area (TPSA) is 0 Å². The minimum atomic E-state index is 0.0993. The molecule has 0 amide bonds. The van der Waals surface area contributed by atoms with E-state index in [0.717, 1.165) is 25.7 Å². The molecule has 6 aromatic carbocycles. The second kappa shape index (κ2) is 10.0. The summed E-state index contributed by atoms with van der Waals surface area (Å²) in [6.07, 6.45) is 11.3. The molecule has 3 aliphatic carbocycles. The lowest BCUT2D eigenvalue weighted by Gasteiger charge is -2.30. The minimum Gasteiger partial charge on any atom is -0.0795 e. The smallest absolute Gasteiger partial charge is 0.0210 e. The van der Waals surface area contributed by atoms with E-state index in [1.54, 1.807) is 0 Å². The van der Waals surface area contributed by atoms with Crippen molar-refractivity contribution in [3.05, 3.63) is 155 Å². The molecule has 0 fully saturated rings. The Balaban J connectivity index is 1.03. The fraction of sp³-hybridized carbons (Fsp3) is 0.156. The van der Waals surface area contributed by atoms with Crippen LogP contribution in [0.15, 0.2) is 127 Å². The van der Waals surface area contributed by atoms with Crippen molar-refractivity contribution < 1.29 is 0 Å². The lowest BCUT2D eigenvalue weighted by atomic mass is 9.73. The van der Waals surface area contributed by atoms with Crippen LogP contribution in [-0.2, 0) is 11.8 Å². The molecule has 0 saturated carbocycles. The molecule has 0 N–H and O–H groups in total. The maximum absolute atomic E-state index is 2.47. The molecule has 0 nitrogen and oxygen atoms in total. The number of hydrogen-bond donors (Lipinski definition) is 0. The van der Waals surface area contributed by atoms with Crippen LogP contribution in [0.2, 0.25) is 0 Å². The van der Waals surface area contributed by atoms with Gasteiger partial charge in [0.15, 0.2) is 0 Å². The Hall–Kier alpha value is -4.94. The first-order valence-corrected chi connectivity index (χ1v) is 16.6. The standard InChI is InChI=1S/C45H36/c1-3-45(4-2)41-11-6-5-10-38(41)39-26-24-36(28-42(39)45)31-14-12-29(13-15-31)30-16-18-32(19-17-30)37-25-22-35-21-20-33-8-7-9-34-23-27-40(37)44(35)43(33)34/h5-8,10-26,28H,3-4,9,27H2,1-2H3. The van der Waals surface area contributed by atoms with Crippen molar-refractivity contribution in [2.45, 2.75) is 44.9 Å². The molecule has 3 aliphatic rings. The predicted molar refractivity (Wildman–Crippen MR) is 192 cm³/mol. The van der Waals surface area contributed by atoms with Gasteiger partial charge in [0.1, 0.15) is 0 Å². The highest BCUT2D eigenvalue weighted by Gasteiger charge is 2.40. The molecule has 0 atom stereocenters. The van der Waals surface area contributed by atoms with Gasteiger partial charge in [0, 0.05) is 5.41 Å². The van der Waals surface area contributed by atoms with E-state index in [4.69, 9.17) is 0 Å². The zero-order chi connectivity index (χ0) is 30.1. The maximum Gasteiger partial charge on any atom is 0.0210 e. The van der Waals surface area contributed by atoms with E-state index in [2.05, 4.69) is 147 Å². The van der Waals surface area contributed by atoms with Crippen molar-refractivity contribution in [1.82, 2.24) is 0 Å². The summed E-state index contributed by atoms with van der Waals surface area (Å²) in [7, 11) is 0. The molecule has 0 bridgehead atoms. The summed E-state index contributed by atoms with van der Waals surface area (Å²) in [5.41, 5.74) is 19.4. The van der Waals surface area contributed by atoms with E-state index in [-0.39, 0.29) is 5.41 Å². The van der Waals surface area contributed by atoms with E-state index < -0.39 is 0 Å². The van der Waals surface area contributed by atoms with Gasteiger partial charge in [-0.15, -0.1) is 0 Å². The SMILES string of the molecule is CCC1(CC)c2ccccc2-c2ccc(-c3ccc(-c4ccc(-c5ccc6ccc7c8c6c5CC=C8CC=C7)cc4)cc3)cc21. The molecular formula is C45H36. The summed E-state index contributed by atoms with van der Waals surface area (Å²) < 4.78 is 0. The maximum atomic E-state index is 2.47. The zero-order valence-electron chi connectivity index (χ0n) is 26.0. The number of fused-ring (bicyclic) bond motifs is 3. The van der Waals surface area contributed by atoms with Gasteiger partial charge in [-0.2, -0.15) is 0 Å². The van der Waals surface area contributed by atoms with Crippen LogP contribution in [0.25, 0.3) is 66.9 Å². The van der Waals surface area contributed by atoms with Crippen molar-refractivity contribution in [3.63, 3.8) is 0 Å². The molecule has 0 aromatic heterocycles. The third-order valence-electron chi connectivity index (χ3n) is 11.1. The molecule has 216 valence electrons. The monoisotopic (exact) mass is 576 g/mol. The van der Waals surface area contributed by atoms with Gasteiger partial charge in [-0.25, -0.2) is 0 Å². The Morgan fingerprint density at radius 3 is 1.93 bits per heavy atom. The molecule has 9 rings (SSSR count). The summed E-state index contributed by atoms with van der Waals surface area (Å²) in [5, 5.41) is 2.81. The van der Waals surface area contributed by atoms with Gasteiger partial charge < -0.3 is 0 Å². The van der Waals surface area contributed by atoms with E-state index in [1.165, 1.54) is 88.7 Å². The Morgan fingerprint density at radius 2 is 1.18 bits per heavy atom. The van der Waals surface area contributed by atoms with E-state index in [1.807, 2.05) is 0 Å². The molecule has 45 heavy (non-hydrogen) atoms. The van der Waals surface area contributed by atoms with E-state index in [9.17, 15) is 0 Å². The highest BCUT2D eigenvalue weighted by Crippen LogP contribution is 2.53. The van der Waals surface area contributed by atoms with Crippen LogP contribution >= 0.6 is 0 Å². The van der Waals surface area contributed by atoms with Crippen LogP contribution in [0.3, 0.4) is 0 Å². The highest BCUT2D eigenvalue weighted by molar-refractivity contribution is 6.05. The fourth-order valence-electron chi connectivity index (χ4n) is 8.64. The molecule has 0 heterocycles. The van der Waals surface area contributed by atoms with Crippen molar-refractivity contribution in [1.29, 1.82) is 0 Å². The van der Waals surface area contributed by atoms with Crippen molar-refractivity contribution in [3.8, 4) is 44.5 Å². The normalized spacial score (nSPS) is 15.1. The van der Waals surface area contributed by atoms with Gasteiger partial charge in [0.25, 0.3) is 0 Å². The molecule has 0 saturated heterocycles. The molecule has 0 spiro atoms. The first-order valence-electron chi connectivity index (χ1n) is 16.6. The lowest BCUT2D eigenvalue weighted by molar-refractivity contribution is 0.490. The Kier molecular flexibility index (Phi) is 5.91. The van der Waals surface area contributed by atoms with Crippen LogP contribution in [0.1, 0.15) is 60.9 Å². The van der Waals surface area contributed by atoms with Crippen molar-refractivity contribution in [2.75, 3.05) is 0 Å². The Labute approximate surface area is 266 Å². The minimum absolute atomic E-state index is 0.0993. The highest BCUT2D eigenvalue weighted by atomic mass is 14.4. The van der Waals surface area contributed by atoms with Gasteiger partial charge in [0.2, 0.25) is 0 Å². The van der Waals surface area contributed by atoms with Crippen LogP contribution in [0.4, 0.5) is 0 Å². The molecule has 0 unspecified atom stereocenters. The Bertz CT molecular complexity index is 2200. The van der Waals surface area contributed by atoms with Gasteiger partial charge in [-0.05, 0) is 120 Å². The van der Waals surface area contributed by atoms with Gasteiger partial charge in [-0.3, -0.25) is 0 Å². The molecule has 6 aromatic rings. The van der Waals surface area contributed by atoms with Gasteiger partial charge >= 0.3 is 0 Å². The number of rotatable bonds is 5. The second-order valence-corrected chi connectivity index (χ2v) is 13.0. The lowest BCUT2D eigenvalue weighted by Crippen LogP contribution is -2.23. The van der Waals surface area contributed by atoms with Crippen LogP contribution in [-0.4, -0.2) is 0 Å². The molecular weight excluding hydrogens is 540 g/mol. The number of hydrogen-bond acceptors (Lipinski definition) is 0. The molecule has 0 radical (unpaired) electrons. The summed E-state index contributed by atoms with van der Waals surface area (Å²) in [6.45, 7) is 4.69. The summed E-state index contributed by atoms with van der Waals surface area (Å²) in [4.78, 5) is 0. The Morgan fingerprint density at radius 1 is 0.556 bits per heavy atom. The average Bonchev–Trinajstić information content (AvgIpc) is 3.40. The first kappa shape index (κ1) is 26.5. The summed E-state index contributed by atoms with van der Waals surface area (Å²) in [5.74, 6) is 0. The summed E-state index contributed by atoms with van der Waals surface area (Å²) >= 11 is 0. The fourth-order valence-corrected chi connectivity index (χ4v) is 8.64. The average molecular weight is 577 g/mol. The first-order chi connectivity index (χ1) is 22.2. The van der Waals surface area contributed by atoms with Gasteiger partial charge in [-0.1, -0.05) is 141 Å². The van der Waals surface area contributed by atoms with Crippen LogP contribution in [0.5, 0.6) is 0 Å². The van der Waals surface area contributed by atoms with Crippen molar-refractivity contribution in [2.24, 2.45) is 0 Å². The largest absolute Gasteiger partial charge is 0.0795 e. The van der Waals surface area contributed by atoms with Gasteiger partial charge in [0.05, 0.1) is 0 Å². The molecule has 0 heteroatoms.